The van der Waals surface area contributed by atoms with Crippen molar-refractivity contribution in [2.75, 3.05) is 11.0 Å². The summed E-state index contributed by atoms with van der Waals surface area (Å²) in [5, 5.41) is 0. The van der Waals surface area contributed by atoms with Crippen LogP contribution in [0.25, 0.3) is 0 Å². The molecular formula is C14H23NO2SSi. The monoisotopic (exact) mass is 297 g/mol. The van der Waals surface area contributed by atoms with E-state index in [2.05, 4.69) is 35.8 Å². The van der Waals surface area contributed by atoms with Crippen LogP contribution in [-0.2, 0) is 10.0 Å². The normalized spacial score (nSPS) is 10.6. The molecule has 0 heterocycles. The fourth-order valence-electron chi connectivity index (χ4n) is 1.10. The Morgan fingerprint density at radius 3 is 1.89 bits per heavy atom. The smallest absolute Gasteiger partial charge is 0.229 e. The third kappa shape index (κ3) is 9.34. The first kappa shape index (κ1) is 17.7. The summed E-state index contributed by atoms with van der Waals surface area (Å²) in [5.74, 6) is 3.11. The fourth-order valence-corrected chi connectivity index (χ4v) is 2.18. The van der Waals surface area contributed by atoms with E-state index in [0.717, 1.165) is 11.8 Å². The second-order valence-electron chi connectivity index (χ2n) is 4.95. The molecule has 1 aromatic rings. The number of benzene rings is 1. The van der Waals surface area contributed by atoms with E-state index in [9.17, 15) is 8.42 Å². The fraction of sp³-hybridized carbons (Fsp3) is 0.429. The van der Waals surface area contributed by atoms with Crippen LogP contribution in [0, 0.1) is 11.5 Å². The summed E-state index contributed by atoms with van der Waals surface area (Å²) in [6.07, 6.45) is 1.13. The lowest BCUT2D eigenvalue weighted by Crippen LogP contribution is -2.16. The van der Waals surface area contributed by atoms with Gasteiger partial charge in [-0.3, -0.25) is 4.72 Å². The van der Waals surface area contributed by atoms with Crippen molar-refractivity contribution in [3.63, 3.8) is 0 Å². The van der Waals surface area contributed by atoms with E-state index in [0.29, 0.717) is 5.69 Å². The summed E-state index contributed by atoms with van der Waals surface area (Å²) in [6, 6.07) is 7.08. The molecule has 0 unspecified atom stereocenters. The highest BCUT2D eigenvalue weighted by Gasteiger charge is 2.07. The highest BCUT2D eigenvalue weighted by atomic mass is 32.2. The highest BCUT2D eigenvalue weighted by Crippen LogP contribution is 2.10. The maximum atomic E-state index is 11.0. The van der Waals surface area contributed by atoms with Gasteiger partial charge in [0, 0.05) is 11.3 Å². The summed E-state index contributed by atoms with van der Waals surface area (Å²) in [4.78, 5) is 0. The van der Waals surface area contributed by atoms with E-state index in [4.69, 9.17) is 0 Å². The second kappa shape index (κ2) is 7.36. The van der Waals surface area contributed by atoms with E-state index in [1.165, 1.54) is 0 Å². The lowest BCUT2D eigenvalue weighted by molar-refractivity contribution is 0.607. The predicted octanol–water partition coefficient (Wildman–Crippen LogP) is 3.31. The Hall–Kier alpha value is -1.25. The minimum absolute atomic E-state index is 0.561. The molecule has 0 aliphatic rings. The van der Waals surface area contributed by atoms with Crippen molar-refractivity contribution < 1.29 is 8.42 Å². The first-order valence-electron chi connectivity index (χ1n) is 6.27. The summed E-state index contributed by atoms with van der Waals surface area (Å²) in [7, 11) is -4.57. The van der Waals surface area contributed by atoms with Crippen molar-refractivity contribution in [1.82, 2.24) is 0 Å². The van der Waals surface area contributed by atoms with Gasteiger partial charge in [-0.25, -0.2) is 8.42 Å². The second-order valence-corrected chi connectivity index (χ2v) is 11.5. The number of rotatable bonds is 2. The van der Waals surface area contributed by atoms with Gasteiger partial charge in [0.1, 0.15) is 8.07 Å². The van der Waals surface area contributed by atoms with Crippen LogP contribution in [0.15, 0.2) is 24.3 Å². The Kier molecular flexibility index (Phi) is 6.88. The zero-order valence-electron chi connectivity index (χ0n) is 12.5. The average Bonchev–Trinajstić information content (AvgIpc) is 2.28. The molecule has 0 saturated heterocycles. The maximum absolute atomic E-state index is 11.0. The van der Waals surface area contributed by atoms with E-state index in [-0.39, 0.29) is 0 Å². The minimum Gasteiger partial charge on any atom is -0.284 e. The molecule has 0 atom stereocenters. The summed E-state index contributed by atoms with van der Waals surface area (Å²) >= 11 is 0. The molecule has 106 valence electrons. The van der Waals surface area contributed by atoms with Crippen LogP contribution in [0.2, 0.25) is 19.6 Å². The highest BCUT2D eigenvalue weighted by molar-refractivity contribution is 7.92. The van der Waals surface area contributed by atoms with Gasteiger partial charge in [0.25, 0.3) is 0 Å². The molecule has 0 bridgehead atoms. The summed E-state index contributed by atoms with van der Waals surface area (Å²) in [5.41, 5.74) is 4.73. The van der Waals surface area contributed by atoms with Gasteiger partial charge in [0.2, 0.25) is 10.0 Å². The van der Waals surface area contributed by atoms with E-state index < -0.39 is 18.1 Å². The molecule has 0 saturated carbocycles. The Morgan fingerprint density at radius 2 is 1.53 bits per heavy atom. The molecule has 1 N–H and O–H groups in total. The Morgan fingerprint density at radius 1 is 1.05 bits per heavy atom. The predicted molar refractivity (Wildman–Crippen MR) is 86.5 cm³/mol. The summed E-state index contributed by atoms with van der Waals surface area (Å²) < 4.78 is 24.4. The molecule has 5 heteroatoms. The van der Waals surface area contributed by atoms with Crippen LogP contribution < -0.4 is 4.72 Å². The van der Waals surface area contributed by atoms with Crippen LogP contribution in [0.4, 0.5) is 5.69 Å². The van der Waals surface area contributed by atoms with Crippen LogP contribution in [0.1, 0.15) is 19.4 Å². The third-order valence-electron chi connectivity index (χ3n) is 1.77. The minimum atomic E-state index is -3.20. The molecule has 3 nitrogen and oxygen atoms in total. The Labute approximate surface area is 118 Å². The third-order valence-corrected chi connectivity index (χ3v) is 3.25. The molecule has 0 aliphatic heterocycles. The molecule has 1 rings (SSSR count). The zero-order chi connectivity index (χ0) is 15.1. The van der Waals surface area contributed by atoms with Crippen molar-refractivity contribution >= 4 is 23.8 Å². The van der Waals surface area contributed by atoms with Crippen molar-refractivity contribution in [2.24, 2.45) is 0 Å². The number of anilines is 1. The molecular weight excluding hydrogens is 274 g/mol. The lowest BCUT2D eigenvalue weighted by atomic mass is 10.2. The van der Waals surface area contributed by atoms with Gasteiger partial charge in [-0.05, 0) is 24.3 Å². The van der Waals surface area contributed by atoms with Gasteiger partial charge >= 0.3 is 0 Å². The van der Waals surface area contributed by atoms with Crippen LogP contribution in [-0.4, -0.2) is 22.7 Å². The quantitative estimate of drug-likeness (QED) is 0.672. The number of nitrogens with one attached hydrogen (secondary N) is 1. The Bertz CT molecular complexity index is 546. The molecule has 0 fully saturated rings. The van der Waals surface area contributed by atoms with Gasteiger partial charge in [0.15, 0.2) is 0 Å². The zero-order valence-corrected chi connectivity index (χ0v) is 14.4. The first-order valence-corrected chi connectivity index (χ1v) is 11.7. The van der Waals surface area contributed by atoms with Crippen molar-refractivity contribution in [2.45, 2.75) is 33.5 Å². The van der Waals surface area contributed by atoms with Crippen molar-refractivity contribution in [3.8, 4) is 11.5 Å². The maximum Gasteiger partial charge on any atom is 0.229 e. The van der Waals surface area contributed by atoms with Gasteiger partial charge in [0.05, 0.1) is 6.26 Å². The SMILES string of the molecule is CC.C[Si](C)(C)C#Cc1ccc(NS(C)(=O)=O)cc1. The van der Waals surface area contributed by atoms with E-state index in [1.54, 1.807) is 12.1 Å². The van der Waals surface area contributed by atoms with Crippen LogP contribution in [0.3, 0.4) is 0 Å². The van der Waals surface area contributed by atoms with Crippen molar-refractivity contribution in [1.29, 1.82) is 0 Å². The van der Waals surface area contributed by atoms with E-state index in [1.807, 2.05) is 26.0 Å². The molecule has 1 aromatic carbocycles. The first-order chi connectivity index (χ1) is 8.66. The average molecular weight is 297 g/mol. The Balaban J connectivity index is 0.00000154. The lowest BCUT2D eigenvalue weighted by Gasteiger charge is -2.04. The van der Waals surface area contributed by atoms with Crippen LogP contribution >= 0.6 is 0 Å². The van der Waals surface area contributed by atoms with Gasteiger partial charge in [-0.15, -0.1) is 5.54 Å². The molecule has 0 amide bonds. The molecule has 0 spiro atoms. The molecule has 0 radical (unpaired) electrons. The van der Waals surface area contributed by atoms with Gasteiger partial charge in [-0.1, -0.05) is 39.4 Å². The van der Waals surface area contributed by atoms with Gasteiger partial charge < -0.3 is 0 Å². The van der Waals surface area contributed by atoms with Gasteiger partial charge in [-0.2, -0.15) is 0 Å². The largest absolute Gasteiger partial charge is 0.284 e. The van der Waals surface area contributed by atoms with E-state index >= 15 is 0 Å². The topological polar surface area (TPSA) is 46.2 Å². The van der Waals surface area contributed by atoms with Crippen LogP contribution in [0.5, 0.6) is 0 Å². The molecule has 0 aromatic heterocycles. The summed E-state index contributed by atoms with van der Waals surface area (Å²) in [6.45, 7) is 10.5. The molecule has 19 heavy (non-hydrogen) atoms. The number of hydrogen-bond donors (Lipinski definition) is 1. The number of hydrogen-bond acceptors (Lipinski definition) is 2. The standard InChI is InChI=1S/C12H17NO2SSi.C2H6/c1-16(14,15)13-12-7-5-11(6-8-12)9-10-17(2,3)4;1-2/h5-8,13H,1-4H3;1-2H3. The van der Waals surface area contributed by atoms with Crippen molar-refractivity contribution in [3.05, 3.63) is 29.8 Å². The number of sulfonamides is 1. The molecule has 0 aliphatic carbocycles.